The Kier molecular flexibility index (Phi) is 5.11. The molecule has 0 aliphatic rings. The molecular weight excluding hydrogens is 236 g/mol. The van der Waals surface area contributed by atoms with Gasteiger partial charge in [-0.1, -0.05) is 19.1 Å². The van der Waals surface area contributed by atoms with Crippen LogP contribution in [-0.2, 0) is 16.6 Å². The van der Waals surface area contributed by atoms with Gasteiger partial charge in [-0.3, -0.25) is 0 Å². The van der Waals surface area contributed by atoms with E-state index in [0.717, 1.165) is 18.5 Å². The van der Waals surface area contributed by atoms with Crippen LogP contribution in [0.25, 0.3) is 0 Å². The Morgan fingerprint density at radius 1 is 1.29 bits per heavy atom. The van der Waals surface area contributed by atoms with Gasteiger partial charge in [-0.2, -0.15) is 0 Å². The van der Waals surface area contributed by atoms with Crippen molar-refractivity contribution >= 4 is 10.0 Å². The Labute approximate surface area is 104 Å². The van der Waals surface area contributed by atoms with Gasteiger partial charge in [0.05, 0.1) is 4.90 Å². The van der Waals surface area contributed by atoms with Gasteiger partial charge in [-0.05, 0) is 30.7 Å². The molecule has 0 saturated carbocycles. The van der Waals surface area contributed by atoms with Crippen molar-refractivity contribution in [1.82, 2.24) is 9.62 Å². The number of sulfonamides is 1. The highest BCUT2D eigenvalue weighted by Crippen LogP contribution is 2.14. The van der Waals surface area contributed by atoms with E-state index in [4.69, 9.17) is 0 Å². The number of benzene rings is 1. The quantitative estimate of drug-likeness (QED) is 0.783. The van der Waals surface area contributed by atoms with E-state index >= 15 is 0 Å². The number of rotatable bonds is 6. The summed E-state index contributed by atoms with van der Waals surface area (Å²) in [4.78, 5) is 0.346. The summed E-state index contributed by atoms with van der Waals surface area (Å²) < 4.78 is 25.1. The first-order valence-electron chi connectivity index (χ1n) is 5.70. The summed E-state index contributed by atoms with van der Waals surface area (Å²) in [7, 11) is -0.246. The molecule has 96 valence electrons. The molecular formula is C12H20N2O2S. The summed E-state index contributed by atoms with van der Waals surface area (Å²) in [5, 5.41) is 3.25. The zero-order valence-corrected chi connectivity index (χ0v) is 11.4. The van der Waals surface area contributed by atoms with Crippen LogP contribution in [-0.4, -0.2) is 33.4 Å². The van der Waals surface area contributed by atoms with Crippen molar-refractivity contribution in [3.8, 4) is 0 Å². The highest BCUT2D eigenvalue weighted by molar-refractivity contribution is 7.89. The molecule has 0 spiro atoms. The average Bonchev–Trinajstić information content (AvgIpc) is 2.29. The Balaban J connectivity index is 2.86. The standard InChI is InChI=1S/C12H20N2O2S/c1-4-8-13-10-11-6-5-7-12(9-11)17(15,16)14(2)3/h5-7,9,13H,4,8,10H2,1-3H3. The SMILES string of the molecule is CCCNCc1cccc(S(=O)(=O)N(C)C)c1. The third kappa shape index (κ3) is 3.80. The second-order valence-electron chi connectivity index (χ2n) is 4.11. The maximum atomic E-state index is 11.9. The lowest BCUT2D eigenvalue weighted by Crippen LogP contribution is -2.22. The van der Waals surface area contributed by atoms with Crippen LogP contribution < -0.4 is 5.32 Å². The van der Waals surface area contributed by atoms with Gasteiger partial charge in [0, 0.05) is 20.6 Å². The average molecular weight is 256 g/mol. The highest BCUT2D eigenvalue weighted by atomic mass is 32.2. The minimum absolute atomic E-state index is 0.346. The molecule has 0 amide bonds. The van der Waals surface area contributed by atoms with Gasteiger partial charge >= 0.3 is 0 Å². The Morgan fingerprint density at radius 2 is 2.00 bits per heavy atom. The lowest BCUT2D eigenvalue weighted by Gasteiger charge is -2.12. The highest BCUT2D eigenvalue weighted by Gasteiger charge is 2.16. The summed E-state index contributed by atoms with van der Waals surface area (Å²) in [6.07, 6.45) is 1.07. The fraction of sp³-hybridized carbons (Fsp3) is 0.500. The molecule has 0 aliphatic heterocycles. The normalized spacial score (nSPS) is 12.0. The first-order valence-corrected chi connectivity index (χ1v) is 7.14. The van der Waals surface area contributed by atoms with Gasteiger partial charge in [0.25, 0.3) is 0 Å². The van der Waals surface area contributed by atoms with Crippen LogP contribution in [0.1, 0.15) is 18.9 Å². The maximum Gasteiger partial charge on any atom is 0.242 e. The van der Waals surface area contributed by atoms with E-state index in [-0.39, 0.29) is 0 Å². The third-order valence-electron chi connectivity index (χ3n) is 2.43. The van der Waals surface area contributed by atoms with Crippen molar-refractivity contribution in [3.63, 3.8) is 0 Å². The zero-order chi connectivity index (χ0) is 12.9. The summed E-state index contributed by atoms with van der Waals surface area (Å²) in [5.41, 5.74) is 0.987. The summed E-state index contributed by atoms with van der Waals surface area (Å²) in [5.74, 6) is 0. The maximum absolute atomic E-state index is 11.9. The van der Waals surface area contributed by atoms with Gasteiger partial charge < -0.3 is 5.32 Å². The van der Waals surface area contributed by atoms with Crippen molar-refractivity contribution in [2.24, 2.45) is 0 Å². The Morgan fingerprint density at radius 3 is 2.59 bits per heavy atom. The summed E-state index contributed by atoms with van der Waals surface area (Å²) in [6, 6.07) is 7.05. The number of nitrogens with one attached hydrogen (secondary N) is 1. The lowest BCUT2D eigenvalue weighted by molar-refractivity contribution is 0.520. The van der Waals surface area contributed by atoms with Crippen molar-refractivity contribution < 1.29 is 8.42 Å². The molecule has 4 nitrogen and oxygen atoms in total. The van der Waals surface area contributed by atoms with Crippen LogP contribution >= 0.6 is 0 Å². The molecule has 1 aromatic rings. The lowest BCUT2D eigenvalue weighted by atomic mass is 10.2. The van der Waals surface area contributed by atoms with E-state index in [1.54, 1.807) is 18.2 Å². The van der Waals surface area contributed by atoms with E-state index in [1.807, 2.05) is 6.07 Å². The van der Waals surface area contributed by atoms with E-state index in [2.05, 4.69) is 12.2 Å². The minimum Gasteiger partial charge on any atom is -0.313 e. The smallest absolute Gasteiger partial charge is 0.242 e. The van der Waals surface area contributed by atoms with Crippen LogP contribution in [0.3, 0.4) is 0 Å². The zero-order valence-electron chi connectivity index (χ0n) is 10.6. The first-order chi connectivity index (χ1) is 7.98. The van der Waals surface area contributed by atoms with Gasteiger partial charge in [-0.15, -0.1) is 0 Å². The van der Waals surface area contributed by atoms with E-state index in [0.29, 0.717) is 11.4 Å². The largest absolute Gasteiger partial charge is 0.313 e. The monoisotopic (exact) mass is 256 g/mol. The predicted octanol–water partition coefficient (Wildman–Crippen LogP) is 1.44. The summed E-state index contributed by atoms with van der Waals surface area (Å²) >= 11 is 0. The fourth-order valence-electron chi connectivity index (χ4n) is 1.44. The van der Waals surface area contributed by atoms with Gasteiger partial charge in [0.15, 0.2) is 0 Å². The van der Waals surface area contributed by atoms with Gasteiger partial charge in [-0.25, -0.2) is 12.7 Å². The molecule has 0 heterocycles. The van der Waals surface area contributed by atoms with Crippen LogP contribution in [0, 0.1) is 0 Å². The van der Waals surface area contributed by atoms with E-state index in [1.165, 1.54) is 18.4 Å². The number of hydrogen-bond donors (Lipinski definition) is 1. The topological polar surface area (TPSA) is 49.4 Å². The van der Waals surface area contributed by atoms with Gasteiger partial charge in [0.1, 0.15) is 0 Å². The van der Waals surface area contributed by atoms with Crippen molar-refractivity contribution in [2.45, 2.75) is 24.8 Å². The molecule has 0 radical (unpaired) electrons. The number of nitrogens with zero attached hydrogens (tertiary/aromatic N) is 1. The number of hydrogen-bond acceptors (Lipinski definition) is 3. The molecule has 5 heteroatoms. The van der Waals surface area contributed by atoms with Gasteiger partial charge in [0.2, 0.25) is 10.0 Å². The minimum atomic E-state index is -3.32. The molecule has 0 bridgehead atoms. The van der Waals surface area contributed by atoms with E-state index in [9.17, 15) is 8.42 Å². The molecule has 0 aliphatic carbocycles. The van der Waals surface area contributed by atoms with Crippen LogP contribution in [0.2, 0.25) is 0 Å². The molecule has 0 fully saturated rings. The third-order valence-corrected chi connectivity index (χ3v) is 4.24. The second kappa shape index (κ2) is 6.14. The van der Waals surface area contributed by atoms with Crippen LogP contribution in [0.15, 0.2) is 29.2 Å². The summed E-state index contributed by atoms with van der Waals surface area (Å²) in [6.45, 7) is 3.73. The molecule has 0 unspecified atom stereocenters. The Bertz CT molecular complexity index is 455. The van der Waals surface area contributed by atoms with Crippen molar-refractivity contribution in [1.29, 1.82) is 0 Å². The van der Waals surface area contributed by atoms with Crippen molar-refractivity contribution in [3.05, 3.63) is 29.8 Å². The Hall–Kier alpha value is -0.910. The fourth-order valence-corrected chi connectivity index (χ4v) is 2.41. The van der Waals surface area contributed by atoms with Crippen LogP contribution in [0.4, 0.5) is 0 Å². The molecule has 17 heavy (non-hydrogen) atoms. The van der Waals surface area contributed by atoms with Crippen LogP contribution in [0.5, 0.6) is 0 Å². The molecule has 0 aromatic heterocycles. The van der Waals surface area contributed by atoms with E-state index < -0.39 is 10.0 Å². The molecule has 1 aromatic carbocycles. The first kappa shape index (κ1) is 14.2. The molecule has 0 saturated heterocycles. The second-order valence-corrected chi connectivity index (χ2v) is 6.26. The molecule has 1 N–H and O–H groups in total. The van der Waals surface area contributed by atoms with Crippen molar-refractivity contribution in [2.75, 3.05) is 20.6 Å². The molecule has 0 atom stereocenters. The molecule has 1 rings (SSSR count). The predicted molar refractivity (Wildman–Crippen MR) is 69.3 cm³/mol.